The Balaban J connectivity index is 2.33. The molecule has 0 saturated heterocycles. The van der Waals surface area contributed by atoms with E-state index in [1.54, 1.807) is 18.4 Å². The predicted octanol–water partition coefficient (Wildman–Crippen LogP) is 4.87. The van der Waals surface area contributed by atoms with Crippen molar-refractivity contribution in [1.29, 1.82) is 0 Å². The van der Waals surface area contributed by atoms with Gasteiger partial charge >= 0.3 is 0 Å². The summed E-state index contributed by atoms with van der Waals surface area (Å²) in [4.78, 5) is 1.20. The second-order valence-corrected chi connectivity index (χ2v) is 6.84. The third-order valence-electron chi connectivity index (χ3n) is 2.81. The summed E-state index contributed by atoms with van der Waals surface area (Å²) in [5, 5.41) is 4.24. The molecular weight excluding hydrogens is 346 g/mol. The number of nitrogens with one attached hydrogen (secondary N) is 1. The van der Waals surface area contributed by atoms with E-state index >= 15 is 0 Å². The molecule has 1 heterocycles. The zero-order chi connectivity index (χ0) is 13.8. The predicted molar refractivity (Wildman–Crippen MR) is 85.5 cm³/mol. The molecule has 0 amide bonds. The zero-order valence-corrected chi connectivity index (χ0v) is 13.9. The molecule has 1 atom stereocenters. The van der Waals surface area contributed by atoms with Crippen LogP contribution in [0.1, 0.15) is 23.4 Å². The van der Waals surface area contributed by atoms with E-state index in [0.29, 0.717) is 0 Å². The van der Waals surface area contributed by atoms with Crippen molar-refractivity contribution in [2.75, 3.05) is 13.7 Å². The Labute approximate surface area is 130 Å². The highest BCUT2D eigenvalue weighted by molar-refractivity contribution is 9.11. The van der Waals surface area contributed by atoms with Gasteiger partial charge in [-0.2, -0.15) is 0 Å². The highest BCUT2D eigenvalue weighted by Gasteiger charge is 2.17. The highest BCUT2D eigenvalue weighted by atomic mass is 79.9. The Morgan fingerprint density at radius 2 is 2.05 bits per heavy atom. The van der Waals surface area contributed by atoms with Crippen molar-refractivity contribution in [2.45, 2.75) is 13.0 Å². The number of hydrogen-bond acceptors (Lipinski definition) is 3. The Morgan fingerprint density at radius 1 is 1.37 bits per heavy atom. The molecule has 2 aromatic rings. The van der Waals surface area contributed by atoms with Gasteiger partial charge in [0.05, 0.1) is 22.0 Å². The van der Waals surface area contributed by atoms with Gasteiger partial charge in [-0.05, 0) is 46.2 Å². The minimum atomic E-state index is 0.157. The molecule has 1 unspecified atom stereocenters. The molecular formula is C14H15BrClNOS. The lowest BCUT2D eigenvalue weighted by Gasteiger charge is -2.17. The monoisotopic (exact) mass is 359 g/mol. The summed E-state index contributed by atoms with van der Waals surface area (Å²) < 4.78 is 6.16. The van der Waals surface area contributed by atoms with Crippen molar-refractivity contribution >= 4 is 38.9 Å². The van der Waals surface area contributed by atoms with Crippen molar-refractivity contribution in [3.63, 3.8) is 0 Å². The minimum Gasteiger partial charge on any atom is -0.497 e. The lowest BCUT2D eigenvalue weighted by atomic mass is 10.1. The van der Waals surface area contributed by atoms with E-state index in [0.717, 1.165) is 21.1 Å². The van der Waals surface area contributed by atoms with Crippen LogP contribution in [0.25, 0.3) is 0 Å². The highest BCUT2D eigenvalue weighted by Crippen LogP contribution is 2.37. The van der Waals surface area contributed by atoms with Gasteiger partial charge in [0.15, 0.2) is 0 Å². The third kappa shape index (κ3) is 3.51. The van der Waals surface area contributed by atoms with Crippen molar-refractivity contribution in [3.05, 3.63) is 49.6 Å². The smallest absolute Gasteiger partial charge is 0.118 e. The van der Waals surface area contributed by atoms with Gasteiger partial charge in [0.25, 0.3) is 0 Å². The van der Waals surface area contributed by atoms with Gasteiger partial charge < -0.3 is 10.1 Å². The quantitative estimate of drug-likeness (QED) is 0.821. The van der Waals surface area contributed by atoms with Gasteiger partial charge in [-0.1, -0.05) is 30.7 Å². The zero-order valence-electron chi connectivity index (χ0n) is 10.7. The molecule has 2 nitrogen and oxygen atoms in total. The van der Waals surface area contributed by atoms with Crippen LogP contribution >= 0.6 is 38.9 Å². The SMILES string of the molecule is CCNC(c1ccc(OC)cc1)c1cc(Cl)c(Br)s1. The summed E-state index contributed by atoms with van der Waals surface area (Å²) in [5.74, 6) is 0.865. The second kappa shape index (κ2) is 6.75. The summed E-state index contributed by atoms with van der Waals surface area (Å²) in [6.07, 6.45) is 0. The molecule has 2 rings (SSSR count). The van der Waals surface area contributed by atoms with E-state index in [1.807, 2.05) is 18.2 Å². The molecule has 102 valence electrons. The largest absolute Gasteiger partial charge is 0.497 e. The molecule has 0 fully saturated rings. The van der Waals surface area contributed by atoms with Gasteiger partial charge in [-0.25, -0.2) is 0 Å². The Hall–Kier alpha value is -0.550. The molecule has 0 saturated carbocycles. The molecule has 19 heavy (non-hydrogen) atoms. The van der Waals surface area contributed by atoms with Gasteiger partial charge in [0, 0.05) is 4.88 Å². The topological polar surface area (TPSA) is 21.3 Å². The van der Waals surface area contributed by atoms with Gasteiger partial charge in [0.2, 0.25) is 0 Å². The van der Waals surface area contributed by atoms with Crippen LogP contribution in [0.5, 0.6) is 5.75 Å². The molecule has 5 heteroatoms. The Kier molecular flexibility index (Phi) is 5.28. The van der Waals surface area contributed by atoms with Gasteiger partial charge in [-0.15, -0.1) is 11.3 Å². The Bertz CT molecular complexity index is 521. The fourth-order valence-electron chi connectivity index (χ4n) is 1.89. The number of benzene rings is 1. The van der Waals surface area contributed by atoms with Gasteiger partial charge in [-0.3, -0.25) is 0 Å². The van der Waals surface area contributed by atoms with Crippen LogP contribution in [0.4, 0.5) is 0 Å². The molecule has 0 aliphatic carbocycles. The fraction of sp³-hybridized carbons (Fsp3) is 0.286. The summed E-state index contributed by atoms with van der Waals surface area (Å²) in [7, 11) is 1.67. The number of ether oxygens (including phenoxy) is 1. The first-order chi connectivity index (χ1) is 9.15. The molecule has 0 aliphatic rings. The number of rotatable bonds is 5. The number of hydrogen-bond donors (Lipinski definition) is 1. The lowest BCUT2D eigenvalue weighted by molar-refractivity contribution is 0.414. The minimum absolute atomic E-state index is 0.157. The van der Waals surface area contributed by atoms with Crippen LogP contribution in [0.3, 0.4) is 0 Å². The van der Waals surface area contributed by atoms with E-state index in [1.165, 1.54) is 10.4 Å². The third-order valence-corrected chi connectivity index (χ3v) is 5.35. The number of halogens is 2. The molecule has 1 N–H and O–H groups in total. The Morgan fingerprint density at radius 3 is 2.53 bits per heavy atom. The second-order valence-electron chi connectivity index (χ2n) is 4.03. The normalized spacial score (nSPS) is 12.4. The first-order valence-corrected chi connectivity index (χ1v) is 7.96. The van der Waals surface area contributed by atoms with Crippen LogP contribution in [-0.2, 0) is 0 Å². The first-order valence-electron chi connectivity index (χ1n) is 5.97. The fourth-order valence-corrected chi connectivity index (χ4v) is 3.74. The van der Waals surface area contributed by atoms with E-state index in [4.69, 9.17) is 16.3 Å². The van der Waals surface area contributed by atoms with Crippen molar-refractivity contribution in [2.24, 2.45) is 0 Å². The van der Waals surface area contributed by atoms with Crippen LogP contribution in [0.2, 0.25) is 5.02 Å². The summed E-state index contributed by atoms with van der Waals surface area (Å²) in [5.41, 5.74) is 1.20. The average molecular weight is 361 g/mol. The molecule has 0 bridgehead atoms. The number of methoxy groups -OCH3 is 1. The maximum Gasteiger partial charge on any atom is 0.118 e. The van der Waals surface area contributed by atoms with Crippen molar-refractivity contribution < 1.29 is 4.74 Å². The molecule has 0 radical (unpaired) electrons. The molecule has 1 aromatic carbocycles. The van der Waals surface area contributed by atoms with Crippen LogP contribution < -0.4 is 10.1 Å². The molecule has 0 spiro atoms. The van der Waals surface area contributed by atoms with E-state index in [2.05, 4.69) is 40.3 Å². The maximum atomic E-state index is 6.12. The van der Waals surface area contributed by atoms with Crippen molar-refractivity contribution in [1.82, 2.24) is 5.32 Å². The lowest BCUT2D eigenvalue weighted by Crippen LogP contribution is -2.20. The average Bonchev–Trinajstić information content (AvgIpc) is 2.76. The van der Waals surface area contributed by atoms with E-state index < -0.39 is 0 Å². The van der Waals surface area contributed by atoms with Crippen LogP contribution in [0.15, 0.2) is 34.1 Å². The van der Waals surface area contributed by atoms with Crippen molar-refractivity contribution in [3.8, 4) is 5.75 Å². The number of thiophene rings is 1. The summed E-state index contributed by atoms with van der Waals surface area (Å²) in [6, 6.07) is 10.3. The first kappa shape index (κ1) is 14.9. The standard InChI is InChI=1S/C14H15BrClNOS/c1-3-17-13(12-8-11(16)14(15)19-12)9-4-6-10(18-2)7-5-9/h4-8,13,17H,3H2,1-2H3. The maximum absolute atomic E-state index is 6.12. The van der Waals surface area contributed by atoms with Gasteiger partial charge in [0.1, 0.15) is 5.75 Å². The van der Waals surface area contributed by atoms with E-state index in [-0.39, 0.29) is 6.04 Å². The summed E-state index contributed by atoms with van der Waals surface area (Å²) >= 11 is 11.3. The van der Waals surface area contributed by atoms with Crippen LogP contribution in [-0.4, -0.2) is 13.7 Å². The molecule has 0 aliphatic heterocycles. The molecule has 1 aromatic heterocycles. The van der Waals surface area contributed by atoms with E-state index in [9.17, 15) is 0 Å². The van der Waals surface area contributed by atoms with Crippen LogP contribution in [0, 0.1) is 0 Å². The summed E-state index contributed by atoms with van der Waals surface area (Å²) in [6.45, 7) is 2.99.